The average Bonchev–Trinajstić information content (AvgIpc) is 3.13. The van der Waals surface area contributed by atoms with Gasteiger partial charge in [-0.3, -0.25) is 0 Å². The highest BCUT2D eigenvalue weighted by molar-refractivity contribution is 9.11. The zero-order valence-electron chi connectivity index (χ0n) is 17.3. The first-order valence-electron chi connectivity index (χ1n) is 9.25. The fraction of sp³-hybridized carbons (Fsp3) is 0.765. The van der Waals surface area contributed by atoms with E-state index in [1.54, 1.807) is 11.4 Å². The van der Waals surface area contributed by atoms with E-state index in [1.807, 2.05) is 0 Å². The molecule has 0 radical (unpaired) electrons. The highest BCUT2D eigenvalue weighted by Crippen LogP contribution is 2.64. The van der Waals surface area contributed by atoms with E-state index in [9.17, 15) is 74.6 Å². The summed E-state index contributed by atoms with van der Waals surface area (Å²) in [5.74, 6) is -56.0. The minimum atomic E-state index is -8.61. The van der Waals surface area contributed by atoms with E-state index >= 15 is 0 Å². The first-order chi connectivity index (χ1) is 16.2. The molecule has 0 saturated carbocycles. The number of ether oxygens (including phenoxy) is 1. The number of thiophene rings is 1. The summed E-state index contributed by atoms with van der Waals surface area (Å²) in [5, 5.41) is 1.60. The van der Waals surface area contributed by atoms with Crippen molar-refractivity contribution < 1.29 is 79.4 Å². The molecule has 0 amide bonds. The van der Waals surface area contributed by atoms with Crippen LogP contribution in [0.25, 0.3) is 0 Å². The zero-order chi connectivity index (χ0) is 29.5. The fourth-order valence-corrected chi connectivity index (χ4v) is 3.71. The molecule has 0 saturated heterocycles. The molecule has 0 bridgehead atoms. The van der Waals surface area contributed by atoms with E-state index in [0.717, 1.165) is 0 Å². The van der Waals surface area contributed by atoms with Gasteiger partial charge in [-0.1, -0.05) is 0 Å². The first kappa shape index (κ1) is 34.0. The molecule has 0 atom stereocenters. The highest BCUT2D eigenvalue weighted by Gasteiger charge is 2.95. The van der Waals surface area contributed by atoms with Crippen molar-refractivity contribution in [2.45, 2.75) is 73.5 Å². The molecule has 1 aromatic rings. The maximum Gasteiger partial charge on any atom is 0.460 e. The molecule has 37 heavy (non-hydrogen) atoms. The van der Waals surface area contributed by atoms with Crippen LogP contribution in [0.2, 0.25) is 0 Å². The first-order valence-corrected chi connectivity index (χ1v) is 10.9. The quantitative estimate of drug-likeness (QED) is 0.151. The summed E-state index contributed by atoms with van der Waals surface area (Å²) in [6, 6.07) is 1.55. The third-order valence-electron chi connectivity index (χ3n) is 4.77. The van der Waals surface area contributed by atoms with Crippen LogP contribution < -0.4 is 0 Å². The van der Waals surface area contributed by atoms with Gasteiger partial charge in [-0.05, 0) is 40.2 Å². The molecular weight excluding hydrogens is 655 g/mol. The number of alkyl halides is 17. The van der Waals surface area contributed by atoms with Crippen molar-refractivity contribution in [3.05, 3.63) is 20.8 Å². The molecule has 1 rings (SSSR count). The monoisotopic (exact) mass is 666 g/mol. The van der Waals surface area contributed by atoms with Gasteiger partial charge in [-0.25, -0.2) is 0 Å². The van der Waals surface area contributed by atoms with Crippen LogP contribution in [-0.2, 0) is 11.3 Å². The molecule has 0 aliphatic rings. The van der Waals surface area contributed by atoms with Crippen LogP contribution in [0, 0.1) is 0 Å². The molecule has 20 heteroatoms. The Hall–Kier alpha value is -1.05. The Balaban J connectivity index is 3.08. The van der Waals surface area contributed by atoms with Crippen LogP contribution in [0.4, 0.5) is 74.6 Å². The molecule has 1 nitrogen and oxygen atoms in total. The van der Waals surface area contributed by atoms with Crippen molar-refractivity contribution in [2.75, 3.05) is 6.61 Å². The molecule has 1 aromatic heterocycles. The van der Waals surface area contributed by atoms with Crippen molar-refractivity contribution in [3.63, 3.8) is 0 Å². The van der Waals surface area contributed by atoms with Gasteiger partial charge in [0.1, 0.15) is 0 Å². The van der Waals surface area contributed by atoms with Crippen molar-refractivity contribution in [1.29, 1.82) is 0 Å². The maximum atomic E-state index is 13.8. The molecule has 0 spiro atoms. The summed E-state index contributed by atoms with van der Waals surface area (Å²) in [6.07, 6.45) is -12.0. The van der Waals surface area contributed by atoms with Crippen LogP contribution in [0.15, 0.2) is 15.2 Å². The Bertz CT molecular complexity index is 908. The minimum absolute atomic E-state index is 0.146. The molecule has 0 fully saturated rings. The van der Waals surface area contributed by atoms with E-state index < -0.39 is 73.5 Å². The lowest BCUT2D eigenvalue weighted by molar-refractivity contribution is -0.461. The smallest absolute Gasteiger partial charge is 0.377 e. The summed E-state index contributed by atoms with van der Waals surface area (Å²) in [4.78, 5) is 0. The van der Waals surface area contributed by atoms with Gasteiger partial charge < -0.3 is 4.74 Å². The van der Waals surface area contributed by atoms with Gasteiger partial charge in [0.15, 0.2) is 0 Å². The molecule has 1 heterocycles. The number of halogens is 18. The maximum absolute atomic E-state index is 13.8. The predicted molar refractivity (Wildman–Crippen MR) is 96.2 cm³/mol. The van der Waals surface area contributed by atoms with E-state index in [1.165, 1.54) is 11.3 Å². The van der Waals surface area contributed by atoms with Crippen LogP contribution >= 0.6 is 27.3 Å². The number of unbranched alkanes of at least 4 members (excludes halogenated alkanes) is 1. The van der Waals surface area contributed by atoms with Gasteiger partial charge in [0.05, 0.1) is 10.4 Å². The van der Waals surface area contributed by atoms with Crippen molar-refractivity contribution in [2.24, 2.45) is 0 Å². The SMILES string of the molecule is FC(F)(F)C(F)(F)C(F)(F)C(F)(F)C(F)(F)C(F)(F)C(F)(F)C(F)(F)CCCCOCc1ccsc1Br. The normalized spacial score (nSPS) is 15.4. The predicted octanol–water partition coefficient (Wildman–Crippen LogP) is 9.21. The van der Waals surface area contributed by atoms with Crippen LogP contribution in [-0.4, -0.2) is 54.2 Å². The summed E-state index contributed by atoms with van der Waals surface area (Å²) in [5.41, 5.74) is 0.553. The average molecular weight is 667 g/mol. The lowest BCUT2D eigenvalue weighted by Crippen LogP contribution is -2.74. The second kappa shape index (κ2) is 10.5. The van der Waals surface area contributed by atoms with Crippen molar-refractivity contribution in [3.8, 4) is 0 Å². The number of hydrogen-bond acceptors (Lipinski definition) is 2. The number of rotatable bonds is 13. The topological polar surface area (TPSA) is 9.23 Å². The Morgan fingerprint density at radius 3 is 1.46 bits per heavy atom. The molecule has 0 aromatic carbocycles. The second-order valence-electron chi connectivity index (χ2n) is 7.38. The van der Waals surface area contributed by atoms with Crippen molar-refractivity contribution in [1.82, 2.24) is 0 Å². The summed E-state index contributed by atoms with van der Waals surface area (Å²) < 4.78 is 230. The van der Waals surface area contributed by atoms with Gasteiger partial charge in [-0.15, -0.1) is 11.3 Å². The summed E-state index contributed by atoms with van der Waals surface area (Å²) in [6.45, 7) is -0.639. The molecular formula is C17H12BrF17OS. The van der Waals surface area contributed by atoms with E-state index in [2.05, 4.69) is 15.9 Å². The van der Waals surface area contributed by atoms with Gasteiger partial charge in [0.2, 0.25) is 0 Å². The Kier molecular flexibility index (Phi) is 9.64. The molecule has 0 aliphatic carbocycles. The van der Waals surface area contributed by atoms with E-state index in [0.29, 0.717) is 9.35 Å². The highest BCUT2D eigenvalue weighted by atomic mass is 79.9. The van der Waals surface area contributed by atoms with E-state index in [-0.39, 0.29) is 6.61 Å². The summed E-state index contributed by atoms with van der Waals surface area (Å²) >= 11 is 4.32. The van der Waals surface area contributed by atoms with Crippen LogP contribution in [0.1, 0.15) is 24.8 Å². The Morgan fingerprint density at radius 2 is 1.05 bits per heavy atom. The molecule has 0 N–H and O–H groups in total. The lowest BCUT2D eigenvalue weighted by Gasteiger charge is -2.42. The van der Waals surface area contributed by atoms with E-state index in [4.69, 9.17) is 4.74 Å². The largest absolute Gasteiger partial charge is 0.460 e. The van der Waals surface area contributed by atoms with Crippen LogP contribution in [0.3, 0.4) is 0 Å². The number of hydrogen-bond donors (Lipinski definition) is 0. The third-order valence-corrected chi connectivity index (χ3v) is 6.58. The Morgan fingerprint density at radius 1 is 0.622 bits per heavy atom. The van der Waals surface area contributed by atoms with Gasteiger partial charge in [0, 0.05) is 18.6 Å². The fourth-order valence-electron chi connectivity index (χ4n) is 2.51. The lowest BCUT2D eigenvalue weighted by atomic mass is 9.88. The third kappa shape index (κ3) is 5.65. The Labute approximate surface area is 208 Å². The molecule has 0 unspecified atom stereocenters. The zero-order valence-corrected chi connectivity index (χ0v) is 19.7. The van der Waals surface area contributed by atoms with Crippen LogP contribution in [0.5, 0.6) is 0 Å². The van der Waals surface area contributed by atoms with Gasteiger partial charge in [0.25, 0.3) is 0 Å². The molecule has 0 aliphatic heterocycles. The minimum Gasteiger partial charge on any atom is -0.377 e. The summed E-state index contributed by atoms with van der Waals surface area (Å²) in [7, 11) is 0. The van der Waals surface area contributed by atoms with Gasteiger partial charge >= 0.3 is 47.6 Å². The van der Waals surface area contributed by atoms with Crippen molar-refractivity contribution >= 4 is 27.3 Å². The molecule has 218 valence electrons. The van der Waals surface area contributed by atoms with Gasteiger partial charge in [-0.2, -0.15) is 74.6 Å². The second-order valence-corrected chi connectivity index (χ2v) is 9.61. The standard InChI is InChI=1S/C17H12BrF17OS/c18-9-8(3-6-37-9)7-36-5-2-1-4-10(19,20)11(21,22)12(23,24)13(25,26)14(27,28)15(29,30)16(31,32)17(33,34)35/h3,6H,1-2,4-5,7H2.